The minimum absolute atomic E-state index is 0.0600. The summed E-state index contributed by atoms with van der Waals surface area (Å²) in [6.07, 6.45) is 6.91. The summed E-state index contributed by atoms with van der Waals surface area (Å²) in [5.74, 6) is -0.243. The molecule has 2 aromatic carbocycles. The van der Waals surface area contributed by atoms with Gasteiger partial charge < -0.3 is 5.32 Å². The van der Waals surface area contributed by atoms with Gasteiger partial charge in [0.1, 0.15) is 11.4 Å². The number of hydrogen-bond acceptors (Lipinski definition) is 4. The van der Waals surface area contributed by atoms with Crippen LogP contribution in [0, 0.1) is 0 Å². The fraction of sp³-hybridized carbons (Fsp3) is 0.240. The highest BCUT2D eigenvalue weighted by Gasteiger charge is 2.20. The second-order valence-electron chi connectivity index (χ2n) is 7.88. The van der Waals surface area contributed by atoms with E-state index in [0.717, 1.165) is 52.9 Å². The predicted octanol–water partition coefficient (Wildman–Crippen LogP) is 5.03. The van der Waals surface area contributed by atoms with Crippen LogP contribution in [0.4, 0.5) is 5.69 Å². The molecule has 1 amide bonds. The number of nitrogens with zero attached hydrogens (tertiary/aromatic N) is 2. The lowest BCUT2D eigenvalue weighted by Crippen LogP contribution is -2.28. The van der Waals surface area contributed by atoms with E-state index in [9.17, 15) is 9.59 Å². The Morgan fingerprint density at radius 3 is 2.65 bits per heavy atom. The fourth-order valence-electron chi connectivity index (χ4n) is 4.28. The number of rotatable bonds is 4. The Morgan fingerprint density at radius 1 is 1.00 bits per heavy atom. The van der Waals surface area contributed by atoms with Gasteiger partial charge in [0.05, 0.1) is 11.7 Å². The Bertz CT molecular complexity index is 1310. The number of para-hydroxylation sites is 1. The molecule has 31 heavy (non-hydrogen) atoms. The van der Waals surface area contributed by atoms with Crippen molar-refractivity contribution in [3.05, 3.63) is 81.7 Å². The molecule has 0 saturated carbocycles. The van der Waals surface area contributed by atoms with E-state index in [1.807, 2.05) is 54.6 Å². The summed E-state index contributed by atoms with van der Waals surface area (Å²) in [5, 5.41) is 3.69. The van der Waals surface area contributed by atoms with Crippen LogP contribution in [0.15, 0.2) is 65.7 Å². The molecule has 4 aromatic rings. The van der Waals surface area contributed by atoms with Crippen molar-refractivity contribution in [2.24, 2.45) is 0 Å². The minimum Gasteiger partial charge on any atom is -0.324 e. The average molecular weight is 430 g/mol. The topological polar surface area (TPSA) is 64.0 Å². The van der Waals surface area contributed by atoms with Crippen LogP contribution >= 0.6 is 11.3 Å². The summed E-state index contributed by atoms with van der Waals surface area (Å²) >= 11 is 1.63. The largest absolute Gasteiger partial charge is 0.324 e. The number of anilines is 1. The van der Waals surface area contributed by atoms with Crippen LogP contribution in [0.25, 0.3) is 21.3 Å². The number of aromatic nitrogens is 2. The van der Waals surface area contributed by atoms with E-state index in [-0.39, 0.29) is 18.0 Å². The number of thiophene rings is 1. The molecule has 2 heterocycles. The van der Waals surface area contributed by atoms with Crippen molar-refractivity contribution in [3.8, 4) is 11.1 Å². The lowest BCUT2D eigenvalue weighted by atomic mass is 10.0. The molecule has 0 radical (unpaired) electrons. The van der Waals surface area contributed by atoms with Crippen LogP contribution in [0.1, 0.15) is 29.7 Å². The Morgan fingerprint density at radius 2 is 1.77 bits per heavy atom. The maximum absolute atomic E-state index is 13.2. The molecule has 0 saturated heterocycles. The van der Waals surface area contributed by atoms with Gasteiger partial charge >= 0.3 is 0 Å². The van der Waals surface area contributed by atoms with E-state index >= 15 is 0 Å². The molecule has 156 valence electrons. The molecule has 0 atom stereocenters. The molecule has 0 fully saturated rings. The zero-order valence-corrected chi connectivity index (χ0v) is 18.0. The Hall–Kier alpha value is -3.25. The van der Waals surface area contributed by atoms with Gasteiger partial charge in [-0.3, -0.25) is 14.2 Å². The van der Waals surface area contributed by atoms with E-state index < -0.39 is 0 Å². The SMILES string of the molecule is O=C(Cn1cnc2sc3c(c2c1=O)CCCCC3)Nc1ccccc1-c1ccccc1. The first-order chi connectivity index (χ1) is 15.2. The van der Waals surface area contributed by atoms with Crippen molar-refractivity contribution in [1.82, 2.24) is 9.55 Å². The lowest BCUT2D eigenvalue weighted by Gasteiger charge is -2.12. The van der Waals surface area contributed by atoms with E-state index in [2.05, 4.69) is 10.3 Å². The third kappa shape index (κ3) is 3.91. The molecule has 6 heteroatoms. The molecule has 0 spiro atoms. The van der Waals surface area contributed by atoms with Gasteiger partial charge in [-0.15, -0.1) is 11.3 Å². The van der Waals surface area contributed by atoms with Gasteiger partial charge in [0.15, 0.2) is 0 Å². The molecule has 5 rings (SSSR count). The van der Waals surface area contributed by atoms with E-state index in [4.69, 9.17) is 0 Å². The Labute approximate surface area is 184 Å². The summed E-state index contributed by atoms with van der Waals surface area (Å²) in [6, 6.07) is 17.6. The summed E-state index contributed by atoms with van der Waals surface area (Å²) in [5.41, 5.74) is 3.74. The quantitative estimate of drug-likeness (QED) is 0.463. The first-order valence-corrected chi connectivity index (χ1v) is 11.5. The molecule has 1 aliphatic rings. The Kier molecular flexibility index (Phi) is 5.38. The molecular formula is C25H23N3O2S. The van der Waals surface area contributed by atoms with Crippen LogP contribution in [0.3, 0.4) is 0 Å². The predicted molar refractivity (Wildman–Crippen MR) is 126 cm³/mol. The standard InChI is InChI=1S/C25H23N3O2S/c29-22(27-20-13-8-7-11-18(20)17-9-3-1-4-10-17)15-28-16-26-24-23(25(28)30)19-12-5-2-6-14-21(19)31-24/h1,3-4,7-11,13,16H,2,5-6,12,14-15H2,(H,27,29). The number of amides is 1. The van der Waals surface area contributed by atoms with Gasteiger partial charge in [0.25, 0.3) is 5.56 Å². The molecule has 1 N–H and O–H groups in total. The van der Waals surface area contributed by atoms with E-state index in [1.165, 1.54) is 22.2 Å². The van der Waals surface area contributed by atoms with Crippen molar-refractivity contribution in [2.45, 2.75) is 38.6 Å². The van der Waals surface area contributed by atoms with Crippen molar-refractivity contribution in [1.29, 1.82) is 0 Å². The van der Waals surface area contributed by atoms with E-state index in [1.54, 1.807) is 11.3 Å². The zero-order chi connectivity index (χ0) is 21.2. The van der Waals surface area contributed by atoms with Crippen LogP contribution in [0.5, 0.6) is 0 Å². The summed E-state index contributed by atoms with van der Waals surface area (Å²) < 4.78 is 1.43. The first-order valence-electron chi connectivity index (χ1n) is 10.6. The third-order valence-electron chi connectivity index (χ3n) is 5.79. The van der Waals surface area contributed by atoms with Crippen LogP contribution in [-0.2, 0) is 24.2 Å². The third-order valence-corrected chi connectivity index (χ3v) is 6.99. The van der Waals surface area contributed by atoms with Gasteiger partial charge in [-0.2, -0.15) is 0 Å². The molecule has 0 unspecified atom stereocenters. The second-order valence-corrected chi connectivity index (χ2v) is 8.97. The molecule has 0 bridgehead atoms. The summed E-state index contributed by atoms with van der Waals surface area (Å²) in [4.78, 5) is 32.6. The zero-order valence-electron chi connectivity index (χ0n) is 17.1. The Balaban J connectivity index is 1.43. The maximum Gasteiger partial charge on any atom is 0.262 e. The normalized spacial score (nSPS) is 13.5. The van der Waals surface area contributed by atoms with Gasteiger partial charge in [-0.25, -0.2) is 4.98 Å². The molecule has 1 aliphatic carbocycles. The minimum atomic E-state index is -0.243. The number of carbonyl (C=O) groups excluding carboxylic acids is 1. The number of hydrogen-bond donors (Lipinski definition) is 1. The highest BCUT2D eigenvalue weighted by Crippen LogP contribution is 2.32. The molecule has 0 aliphatic heterocycles. The summed E-state index contributed by atoms with van der Waals surface area (Å²) in [6.45, 7) is -0.0600. The van der Waals surface area contributed by atoms with Gasteiger partial charge in [-0.05, 0) is 42.9 Å². The molecular weight excluding hydrogens is 406 g/mol. The highest BCUT2D eigenvalue weighted by molar-refractivity contribution is 7.18. The van der Waals surface area contributed by atoms with Crippen molar-refractivity contribution >= 4 is 33.1 Å². The van der Waals surface area contributed by atoms with Gasteiger partial charge in [0.2, 0.25) is 5.91 Å². The van der Waals surface area contributed by atoms with Crippen LogP contribution < -0.4 is 10.9 Å². The lowest BCUT2D eigenvalue weighted by molar-refractivity contribution is -0.116. The number of nitrogens with one attached hydrogen (secondary N) is 1. The second kappa shape index (κ2) is 8.47. The number of fused-ring (bicyclic) bond motifs is 3. The average Bonchev–Trinajstić information content (AvgIpc) is 2.99. The molecule has 5 nitrogen and oxygen atoms in total. The van der Waals surface area contributed by atoms with Gasteiger partial charge in [0, 0.05) is 16.1 Å². The van der Waals surface area contributed by atoms with Crippen LogP contribution in [0.2, 0.25) is 0 Å². The summed E-state index contributed by atoms with van der Waals surface area (Å²) in [7, 11) is 0. The van der Waals surface area contributed by atoms with Crippen molar-refractivity contribution in [3.63, 3.8) is 0 Å². The number of benzene rings is 2. The number of aryl methyl sites for hydroxylation is 2. The highest BCUT2D eigenvalue weighted by atomic mass is 32.1. The van der Waals surface area contributed by atoms with Crippen molar-refractivity contribution in [2.75, 3.05) is 5.32 Å². The first kappa shape index (κ1) is 19.7. The maximum atomic E-state index is 13.2. The smallest absolute Gasteiger partial charge is 0.262 e. The molecule has 2 aromatic heterocycles. The van der Waals surface area contributed by atoms with Crippen molar-refractivity contribution < 1.29 is 4.79 Å². The number of carbonyl (C=O) groups is 1. The van der Waals surface area contributed by atoms with Crippen LogP contribution in [-0.4, -0.2) is 15.5 Å². The monoisotopic (exact) mass is 429 g/mol. The van der Waals surface area contributed by atoms with E-state index in [0.29, 0.717) is 5.39 Å². The van der Waals surface area contributed by atoms with Gasteiger partial charge in [-0.1, -0.05) is 55.0 Å². The fourth-order valence-corrected chi connectivity index (χ4v) is 5.50.